The normalized spacial score (nSPS) is 10.4. The van der Waals surface area contributed by atoms with Crippen LogP contribution < -0.4 is 9.47 Å². The van der Waals surface area contributed by atoms with Crippen molar-refractivity contribution in [3.63, 3.8) is 0 Å². The third-order valence-electron chi connectivity index (χ3n) is 3.57. The highest BCUT2D eigenvalue weighted by atomic mass is 16.5. The summed E-state index contributed by atoms with van der Waals surface area (Å²) in [7, 11) is 3.13. The van der Waals surface area contributed by atoms with Gasteiger partial charge in [-0.1, -0.05) is 12.2 Å². The minimum atomic E-state index is -0.0817. The van der Waals surface area contributed by atoms with E-state index in [4.69, 9.17) is 9.47 Å². The lowest BCUT2D eigenvalue weighted by Crippen LogP contribution is -2.35. The Morgan fingerprint density at radius 2 is 2.00 bits per heavy atom. The van der Waals surface area contributed by atoms with Crippen LogP contribution in [0.25, 0.3) is 11.4 Å². The molecule has 0 aliphatic carbocycles. The van der Waals surface area contributed by atoms with E-state index in [9.17, 15) is 4.79 Å². The van der Waals surface area contributed by atoms with Crippen LogP contribution >= 0.6 is 0 Å². The van der Waals surface area contributed by atoms with E-state index in [1.807, 2.05) is 19.9 Å². The fourth-order valence-corrected chi connectivity index (χ4v) is 2.32. The Labute approximate surface area is 147 Å². The van der Waals surface area contributed by atoms with Gasteiger partial charge in [-0.2, -0.15) is 4.80 Å². The van der Waals surface area contributed by atoms with E-state index in [-0.39, 0.29) is 12.5 Å². The lowest BCUT2D eigenvalue weighted by Gasteiger charge is -2.20. The van der Waals surface area contributed by atoms with Crippen LogP contribution in [0.15, 0.2) is 30.4 Å². The molecule has 0 atom stereocenters. The van der Waals surface area contributed by atoms with Gasteiger partial charge in [0.15, 0.2) is 11.5 Å². The highest BCUT2D eigenvalue weighted by molar-refractivity contribution is 5.76. The molecule has 25 heavy (non-hydrogen) atoms. The maximum absolute atomic E-state index is 12.3. The Kier molecular flexibility index (Phi) is 6.10. The highest BCUT2D eigenvalue weighted by Gasteiger charge is 2.15. The van der Waals surface area contributed by atoms with Gasteiger partial charge in [0.25, 0.3) is 0 Å². The molecule has 0 spiro atoms. The zero-order chi connectivity index (χ0) is 18.4. The maximum Gasteiger partial charge on any atom is 0.246 e. The van der Waals surface area contributed by atoms with E-state index in [2.05, 4.69) is 22.0 Å². The molecule has 1 amide bonds. The quantitative estimate of drug-likeness (QED) is 0.678. The molecule has 1 aromatic heterocycles. The second-order valence-corrected chi connectivity index (χ2v) is 5.58. The van der Waals surface area contributed by atoms with Crippen molar-refractivity contribution in [3.8, 4) is 22.9 Å². The number of tetrazole rings is 1. The fraction of sp³-hybridized carbons (Fsp3) is 0.412. The number of aromatic nitrogens is 4. The van der Waals surface area contributed by atoms with E-state index in [0.29, 0.717) is 30.4 Å². The van der Waals surface area contributed by atoms with Crippen LogP contribution in [-0.4, -0.2) is 58.3 Å². The Balaban J connectivity index is 2.14. The van der Waals surface area contributed by atoms with Crippen LogP contribution in [0.4, 0.5) is 0 Å². The number of amides is 1. The minimum Gasteiger partial charge on any atom is -0.493 e. The van der Waals surface area contributed by atoms with Gasteiger partial charge >= 0.3 is 0 Å². The summed E-state index contributed by atoms with van der Waals surface area (Å²) >= 11 is 0. The van der Waals surface area contributed by atoms with Crippen molar-refractivity contribution in [2.75, 3.05) is 27.3 Å². The topological polar surface area (TPSA) is 82.4 Å². The molecule has 0 N–H and O–H groups in total. The number of hydrogen-bond acceptors (Lipinski definition) is 6. The molecular weight excluding hydrogens is 322 g/mol. The average molecular weight is 345 g/mol. The van der Waals surface area contributed by atoms with Gasteiger partial charge in [-0.15, -0.1) is 10.2 Å². The van der Waals surface area contributed by atoms with Crippen LogP contribution in [0.3, 0.4) is 0 Å². The lowest BCUT2D eigenvalue weighted by atomic mass is 10.2. The van der Waals surface area contributed by atoms with Crippen molar-refractivity contribution >= 4 is 5.91 Å². The van der Waals surface area contributed by atoms with Crippen molar-refractivity contribution in [1.82, 2.24) is 25.1 Å². The van der Waals surface area contributed by atoms with Gasteiger partial charge < -0.3 is 14.4 Å². The van der Waals surface area contributed by atoms with Gasteiger partial charge in [0.05, 0.1) is 14.2 Å². The first-order chi connectivity index (χ1) is 12.0. The molecule has 0 aliphatic rings. The zero-order valence-electron chi connectivity index (χ0n) is 15.0. The van der Waals surface area contributed by atoms with Crippen molar-refractivity contribution in [2.24, 2.45) is 0 Å². The monoisotopic (exact) mass is 345 g/mol. The predicted octanol–water partition coefficient (Wildman–Crippen LogP) is 1.78. The third-order valence-corrected chi connectivity index (χ3v) is 3.57. The molecule has 134 valence electrons. The third kappa shape index (κ3) is 4.56. The summed E-state index contributed by atoms with van der Waals surface area (Å²) in [4.78, 5) is 15.3. The number of carbonyl (C=O) groups is 1. The van der Waals surface area contributed by atoms with Crippen molar-refractivity contribution in [1.29, 1.82) is 0 Å². The first-order valence-corrected chi connectivity index (χ1v) is 7.90. The molecule has 2 rings (SSSR count). The van der Waals surface area contributed by atoms with Gasteiger partial charge in [-0.3, -0.25) is 4.79 Å². The summed E-state index contributed by atoms with van der Waals surface area (Å²) in [5.74, 6) is 1.52. The Morgan fingerprint density at radius 1 is 1.28 bits per heavy atom. The van der Waals surface area contributed by atoms with Crippen molar-refractivity contribution < 1.29 is 14.3 Å². The van der Waals surface area contributed by atoms with Crippen LogP contribution in [0.2, 0.25) is 0 Å². The van der Waals surface area contributed by atoms with Crippen LogP contribution in [0, 0.1) is 0 Å². The Hall–Kier alpha value is -2.90. The van der Waals surface area contributed by atoms with Crippen molar-refractivity contribution in [3.05, 3.63) is 30.4 Å². The Bertz CT molecular complexity index is 756. The van der Waals surface area contributed by atoms with E-state index >= 15 is 0 Å². The van der Waals surface area contributed by atoms with Gasteiger partial charge in [0.2, 0.25) is 11.7 Å². The van der Waals surface area contributed by atoms with Crippen LogP contribution in [0.1, 0.15) is 13.8 Å². The van der Waals surface area contributed by atoms with Gasteiger partial charge in [-0.05, 0) is 37.3 Å². The second kappa shape index (κ2) is 8.27. The average Bonchev–Trinajstić information content (AvgIpc) is 3.07. The van der Waals surface area contributed by atoms with Crippen LogP contribution in [-0.2, 0) is 11.3 Å². The van der Waals surface area contributed by atoms with E-state index in [1.165, 1.54) is 4.80 Å². The number of nitrogens with zero attached hydrogens (tertiary/aromatic N) is 5. The maximum atomic E-state index is 12.3. The van der Waals surface area contributed by atoms with Gasteiger partial charge in [0.1, 0.15) is 6.54 Å². The molecule has 0 saturated carbocycles. The summed E-state index contributed by atoms with van der Waals surface area (Å²) in [5.41, 5.74) is 1.65. The second-order valence-electron chi connectivity index (χ2n) is 5.58. The number of hydrogen-bond donors (Lipinski definition) is 0. The number of likely N-dealkylation sites (N-methyl/N-ethyl adjacent to an activating group) is 1. The number of carbonyl (C=O) groups excluding carboxylic acids is 1. The standard InChI is InChI=1S/C17H23N5O3/c1-6-21(10-12(2)3)16(23)11-22-19-17(18-20-22)13-7-8-14(24-4)15(9-13)25-5/h7-9H,2,6,10-11H2,1,3-5H3. The van der Waals surface area contributed by atoms with E-state index in [0.717, 1.165) is 11.1 Å². The zero-order valence-corrected chi connectivity index (χ0v) is 15.0. The molecule has 0 radical (unpaired) electrons. The van der Waals surface area contributed by atoms with Crippen LogP contribution in [0.5, 0.6) is 11.5 Å². The molecule has 8 nitrogen and oxygen atoms in total. The summed E-state index contributed by atoms with van der Waals surface area (Å²) in [6, 6.07) is 5.34. The highest BCUT2D eigenvalue weighted by Crippen LogP contribution is 2.30. The summed E-state index contributed by atoms with van der Waals surface area (Å²) < 4.78 is 10.5. The molecule has 1 heterocycles. The summed E-state index contributed by atoms with van der Waals surface area (Å²) in [6.07, 6.45) is 0. The van der Waals surface area contributed by atoms with Gasteiger partial charge in [-0.25, -0.2) is 0 Å². The summed E-state index contributed by atoms with van der Waals surface area (Å²) in [6.45, 7) is 8.80. The molecule has 1 aromatic carbocycles. The van der Waals surface area contributed by atoms with E-state index < -0.39 is 0 Å². The molecule has 0 aliphatic heterocycles. The number of rotatable bonds is 8. The molecule has 0 unspecified atom stereocenters. The molecule has 2 aromatic rings. The number of methoxy groups -OCH3 is 2. The van der Waals surface area contributed by atoms with E-state index in [1.54, 1.807) is 31.3 Å². The smallest absolute Gasteiger partial charge is 0.246 e. The minimum absolute atomic E-state index is 0.0292. The largest absolute Gasteiger partial charge is 0.493 e. The molecular formula is C17H23N5O3. The number of benzene rings is 1. The molecule has 0 fully saturated rings. The Morgan fingerprint density at radius 3 is 2.60 bits per heavy atom. The first-order valence-electron chi connectivity index (χ1n) is 7.90. The summed E-state index contributed by atoms with van der Waals surface area (Å²) in [5, 5.41) is 12.2. The SMILES string of the molecule is C=C(C)CN(CC)C(=O)Cn1nnc(-c2ccc(OC)c(OC)c2)n1. The molecule has 0 saturated heterocycles. The molecule has 0 bridgehead atoms. The molecule has 8 heteroatoms. The van der Waals surface area contributed by atoms with Gasteiger partial charge in [0, 0.05) is 18.7 Å². The predicted molar refractivity (Wildman–Crippen MR) is 93.4 cm³/mol. The lowest BCUT2D eigenvalue weighted by molar-refractivity contribution is -0.131. The number of ether oxygens (including phenoxy) is 2. The van der Waals surface area contributed by atoms with Crippen molar-refractivity contribution in [2.45, 2.75) is 20.4 Å². The first kappa shape index (κ1) is 18.4. The fourth-order valence-electron chi connectivity index (χ4n) is 2.32.